The zero-order chi connectivity index (χ0) is 29.0. The molecule has 38 heavy (non-hydrogen) atoms. The first-order chi connectivity index (χ1) is 17.1. The Kier molecular flexibility index (Phi) is 7.61. The van der Waals surface area contributed by atoms with Gasteiger partial charge in [0.25, 0.3) is 0 Å². The van der Waals surface area contributed by atoms with E-state index in [4.69, 9.17) is 0 Å². The number of rotatable bonds is 3. The molecule has 0 spiro atoms. The smallest absolute Gasteiger partial charge is 0.166 e. The van der Waals surface area contributed by atoms with Crippen molar-refractivity contribution in [1.82, 2.24) is 0 Å². The van der Waals surface area contributed by atoms with Gasteiger partial charge in [0.1, 0.15) is 0 Å². The Morgan fingerprint density at radius 1 is 0.421 bits per heavy atom. The Morgan fingerprint density at radius 3 is 0.921 bits per heavy atom. The Balaban J connectivity index is 2.52. The SMILES string of the molecule is Cc1cc(C)c([S+](c2cc(C(F)(F)F)cc(C(F)(F)F)c2)c2cc(C(F)(F)F)cc(C(F)(F)F)c2)c(C)c1. The normalized spacial score (nSPS) is 13.4. The fourth-order valence-corrected chi connectivity index (χ4v) is 6.43. The summed E-state index contributed by atoms with van der Waals surface area (Å²) in [7, 11) is -2.23. The van der Waals surface area contributed by atoms with E-state index in [1.807, 2.05) is 0 Å². The maximum absolute atomic E-state index is 13.6. The molecule has 0 saturated carbocycles. The third-order valence-electron chi connectivity index (χ3n) is 5.40. The lowest BCUT2D eigenvalue weighted by molar-refractivity contribution is -0.144. The van der Waals surface area contributed by atoms with Gasteiger partial charge < -0.3 is 0 Å². The van der Waals surface area contributed by atoms with E-state index in [-0.39, 0.29) is 28.2 Å². The molecule has 0 heterocycles. The summed E-state index contributed by atoms with van der Waals surface area (Å²) in [4.78, 5) is -1.47. The van der Waals surface area contributed by atoms with Crippen LogP contribution < -0.4 is 0 Å². The molecule has 206 valence electrons. The van der Waals surface area contributed by atoms with Gasteiger partial charge in [0.15, 0.2) is 14.7 Å². The lowest BCUT2D eigenvalue weighted by Crippen LogP contribution is -2.17. The highest BCUT2D eigenvalue weighted by atomic mass is 32.2. The first kappa shape index (κ1) is 29.7. The zero-order valence-corrected chi connectivity index (χ0v) is 20.4. The van der Waals surface area contributed by atoms with Crippen LogP contribution in [0.15, 0.2) is 63.2 Å². The largest absolute Gasteiger partial charge is 0.416 e. The van der Waals surface area contributed by atoms with E-state index < -0.39 is 67.6 Å². The van der Waals surface area contributed by atoms with Crippen LogP contribution in [0.1, 0.15) is 38.9 Å². The van der Waals surface area contributed by atoms with E-state index in [1.165, 1.54) is 26.0 Å². The average molecular weight is 577 g/mol. The second-order valence-electron chi connectivity index (χ2n) is 8.52. The summed E-state index contributed by atoms with van der Waals surface area (Å²) >= 11 is 0. The van der Waals surface area contributed by atoms with Gasteiger partial charge in [-0.15, -0.1) is 0 Å². The van der Waals surface area contributed by atoms with Crippen LogP contribution >= 0.6 is 0 Å². The Morgan fingerprint density at radius 2 is 0.684 bits per heavy atom. The molecule has 0 aliphatic carbocycles. The van der Waals surface area contributed by atoms with Crippen molar-refractivity contribution in [3.05, 3.63) is 87.5 Å². The zero-order valence-electron chi connectivity index (χ0n) is 19.6. The van der Waals surface area contributed by atoms with Crippen LogP contribution in [0.4, 0.5) is 52.7 Å². The molecule has 0 aliphatic rings. The first-order valence-electron chi connectivity index (χ1n) is 10.5. The molecule has 0 bridgehead atoms. The van der Waals surface area contributed by atoms with Crippen molar-refractivity contribution in [3.63, 3.8) is 0 Å². The molecule has 13 heteroatoms. The summed E-state index contributed by atoms with van der Waals surface area (Å²) in [6.45, 7) is 4.47. The second kappa shape index (κ2) is 9.73. The van der Waals surface area contributed by atoms with Crippen molar-refractivity contribution in [3.8, 4) is 0 Å². The quantitative estimate of drug-likeness (QED) is 0.215. The minimum atomic E-state index is -5.28. The summed E-state index contributed by atoms with van der Waals surface area (Å²) in [5.41, 5.74) is -5.83. The summed E-state index contributed by atoms with van der Waals surface area (Å²) in [6.07, 6.45) is -21.1. The van der Waals surface area contributed by atoms with E-state index in [0.717, 1.165) is 0 Å². The highest BCUT2D eigenvalue weighted by Gasteiger charge is 2.44. The van der Waals surface area contributed by atoms with Crippen LogP contribution in [0.3, 0.4) is 0 Å². The molecule has 0 N–H and O–H groups in total. The number of aryl methyl sites for hydroxylation is 3. The van der Waals surface area contributed by atoms with E-state index in [1.54, 1.807) is 6.92 Å². The van der Waals surface area contributed by atoms with Crippen LogP contribution in [0, 0.1) is 20.8 Å². The minimum absolute atomic E-state index is 0.00972. The molecule has 0 radical (unpaired) electrons. The monoisotopic (exact) mass is 577 g/mol. The van der Waals surface area contributed by atoms with Crippen LogP contribution in [0.2, 0.25) is 0 Å². The fraction of sp³-hybridized carbons (Fsp3) is 0.280. The lowest BCUT2D eigenvalue weighted by atomic mass is 10.1. The molecule has 3 aromatic rings. The van der Waals surface area contributed by atoms with Crippen LogP contribution in [-0.2, 0) is 35.6 Å². The molecule has 0 aromatic heterocycles. The number of hydrogen-bond donors (Lipinski definition) is 0. The lowest BCUT2D eigenvalue weighted by Gasteiger charge is -2.19. The first-order valence-corrected chi connectivity index (χ1v) is 11.7. The third-order valence-corrected chi connectivity index (χ3v) is 7.87. The Hall–Kier alpha value is -2.83. The summed E-state index contributed by atoms with van der Waals surface area (Å²) in [6, 6.07) is 3.95. The molecule has 0 fully saturated rings. The highest BCUT2D eigenvalue weighted by molar-refractivity contribution is 7.97. The van der Waals surface area contributed by atoms with Crippen molar-refractivity contribution in [2.24, 2.45) is 0 Å². The van der Waals surface area contributed by atoms with Crippen LogP contribution in [0.25, 0.3) is 0 Å². The third kappa shape index (κ3) is 6.41. The molecule has 3 rings (SSSR count). The van der Waals surface area contributed by atoms with Crippen molar-refractivity contribution in [2.45, 2.75) is 60.2 Å². The molecule has 0 unspecified atom stereocenters. The molecular formula is C25H17F12S+. The predicted octanol–water partition coefficient (Wildman–Crippen LogP) is 9.78. The van der Waals surface area contributed by atoms with Crippen LogP contribution in [-0.4, -0.2) is 0 Å². The topological polar surface area (TPSA) is 0 Å². The summed E-state index contributed by atoms with van der Waals surface area (Å²) in [5.74, 6) is 0. The van der Waals surface area contributed by atoms with Gasteiger partial charge in [-0.25, -0.2) is 0 Å². The van der Waals surface area contributed by atoms with Crippen molar-refractivity contribution in [2.75, 3.05) is 0 Å². The average Bonchev–Trinajstić information content (AvgIpc) is 2.73. The van der Waals surface area contributed by atoms with E-state index in [9.17, 15) is 52.7 Å². The molecule has 0 nitrogen and oxygen atoms in total. The molecular weight excluding hydrogens is 560 g/mol. The van der Waals surface area contributed by atoms with E-state index >= 15 is 0 Å². The summed E-state index contributed by atoms with van der Waals surface area (Å²) < 4.78 is 163. The van der Waals surface area contributed by atoms with Gasteiger partial charge in [0.05, 0.1) is 33.1 Å². The molecule has 0 amide bonds. The maximum atomic E-state index is 13.6. The van der Waals surface area contributed by atoms with Crippen molar-refractivity contribution >= 4 is 10.9 Å². The number of benzene rings is 3. The van der Waals surface area contributed by atoms with Gasteiger partial charge in [0.2, 0.25) is 0 Å². The van der Waals surface area contributed by atoms with E-state index in [2.05, 4.69) is 0 Å². The van der Waals surface area contributed by atoms with Gasteiger partial charge in [-0.05, 0) is 32.9 Å². The van der Waals surface area contributed by atoms with Crippen LogP contribution in [0.5, 0.6) is 0 Å². The molecule has 0 atom stereocenters. The Bertz CT molecular complexity index is 1180. The minimum Gasteiger partial charge on any atom is -0.166 e. The molecule has 3 aromatic carbocycles. The predicted molar refractivity (Wildman–Crippen MR) is 116 cm³/mol. The van der Waals surface area contributed by atoms with Gasteiger partial charge >= 0.3 is 24.7 Å². The highest BCUT2D eigenvalue weighted by Crippen LogP contribution is 2.45. The van der Waals surface area contributed by atoms with Crippen molar-refractivity contribution in [1.29, 1.82) is 0 Å². The van der Waals surface area contributed by atoms with Gasteiger partial charge in [-0.2, -0.15) is 52.7 Å². The van der Waals surface area contributed by atoms with Gasteiger partial charge in [-0.1, -0.05) is 17.7 Å². The van der Waals surface area contributed by atoms with Gasteiger partial charge in [-0.3, -0.25) is 0 Å². The number of alkyl halides is 12. The van der Waals surface area contributed by atoms with Gasteiger partial charge in [0, 0.05) is 35.4 Å². The molecule has 0 aliphatic heterocycles. The summed E-state index contributed by atoms with van der Waals surface area (Å²) in [5, 5.41) is 0. The number of halogens is 12. The fourth-order valence-electron chi connectivity index (χ4n) is 3.95. The molecule has 0 saturated heterocycles. The van der Waals surface area contributed by atoms with E-state index in [0.29, 0.717) is 29.8 Å². The van der Waals surface area contributed by atoms with Crippen molar-refractivity contribution < 1.29 is 52.7 Å². The standard InChI is InChI=1S/C25H17F12S/c1-12-4-13(2)21(14(3)5-12)38(19-8-15(22(26,27)28)6-16(9-19)23(29,30)31)20-10-17(24(32,33)34)7-18(11-20)25(35,36)37/h4-11H,1-3H3/q+1. The maximum Gasteiger partial charge on any atom is 0.416 e. The second-order valence-corrected chi connectivity index (χ2v) is 10.5. The Labute approximate surface area is 211 Å². The number of hydrogen-bond acceptors (Lipinski definition) is 0.